The van der Waals surface area contributed by atoms with Crippen LogP contribution in [0.1, 0.15) is 13.8 Å². The molecule has 0 spiro atoms. The molecule has 0 saturated heterocycles. The largest absolute Gasteiger partial charge is 0.491 e. The van der Waals surface area contributed by atoms with Crippen molar-refractivity contribution in [3.05, 3.63) is 78.9 Å². The van der Waals surface area contributed by atoms with E-state index in [0.717, 1.165) is 16.9 Å². The Morgan fingerprint density at radius 2 is 1.41 bits per heavy atom. The smallest absolute Gasteiger partial charge is 0.262 e. The second-order valence-corrected chi connectivity index (χ2v) is 6.42. The summed E-state index contributed by atoms with van der Waals surface area (Å²) in [6.07, 6.45) is 0.118. The van der Waals surface area contributed by atoms with Gasteiger partial charge in [-0.3, -0.25) is 4.79 Å². The van der Waals surface area contributed by atoms with Crippen molar-refractivity contribution < 1.29 is 14.3 Å². The van der Waals surface area contributed by atoms with E-state index >= 15 is 0 Å². The summed E-state index contributed by atoms with van der Waals surface area (Å²) in [7, 11) is 0. The van der Waals surface area contributed by atoms with Crippen LogP contribution in [-0.2, 0) is 4.79 Å². The fraction of sp³-hybridized carbons (Fsp3) is 0.174. The van der Waals surface area contributed by atoms with Crippen LogP contribution in [0.4, 0.5) is 5.69 Å². The summed E-state index contributed by atoms with van der Waals surface area (Å²) in [5, 5.41) is 2.81. The van der Waals surface area contributed by atoms with Gasteiger partial charge in [0.25, 0.3) is 5.91 Å². The summed E-state index contributed by atoms with van der Waals surface area (Å²) < 4.78 is 11.2. The summed E-state index contributed by atoms with van der Waals surface area (Å²) in [6, 6.07) is 25.1. The number of anilines is 1. The molecule has 0 aliphatic carbocycles. The molecule has 0 aliphatic rings. The summed E-state index contributed by atoms with van der Waals surface area (Å²) in [5.74, 6) is 1.22. The third kappa shape index (κ3) is 5.61. The van der Waals surface area contributed by atoms with Crippen molar-refractivity contribution in [1.29, 1.82) is 0 Å². The van der Waals surface area contributed by atoms with E-state index in [1.54, 1.807) is 0 Å². The maximum Gasteiger partial charge on any atom is 0.262 e. The molecule has 1 N–H and O–H groups in total. The van der Waals surface area contributed by atoms with Crippen LogP contribution in [0.15, 0.2) is 78.9 Å². The van der Waals surface area contributed by atoms with Crippen LogP contribution in [0.3, 0.4) is 0 Å². The molecule has 0 saturated carbocycles. The molecular formula is C23H23NO3. The molecule has 0 aliphatic heterocycles. The van der Waals surface area contributed by atoms with E-state index in [4.69, 9.17) is 9.47 Å². The molecule has 1 amide bonds. The van der Waals surface area contributed by atoms with Gasteiger partial charge >= 0.3 is 0 Å². The summed E-state index contributed by atoms with van der Waals surface area (Å²) >= 11 is 0. The lowest BCUT2D eigenvalue weighted by Crippen LogP contribution is -2.20. The maximum atomic E-state index is 12.1. The SMILES string of the molecule is CC(C)Oc1ccc(NC(=O)COc2ccc(-c3ccccc3)cc2)cc1. The number of nitrogens with one attached hydrogen (secondary N) is 1. The van der Waals surface area contributed by atoms with E-state index in [2.05, 4.69) is 17.4 Å². The number of hydrogen-bond donors (Lipinski definition) is 1. The van der Waals surface area contributed by atoms with Gasteiger partial charge < -0.3 is 14.8 Å². The third-order valence-corrected chi connectivity index (χ3v) is 3.84. The molecule has 0 bridgehead atoms. The van der Waals surface area contributed by atoms with Crippen LogP contribution in [0, 0.1) is 0 Å². The molecule has 138 valence electrons. The molecule has 0 radical (unpaired) electrons. The number of ether oxygens (including phenoxy) is 2. The first-order valence-electron chi connectivity index (χ1n) is 8.95. The highest BCUT2D eigenvalue weighted by molar-refractivity contribution is 5.91. The average molecular weight is 361 g/mol. The minimum absolute atomic E-state index is 0.0467. The highest BCUT2D eigenvalue weighted by Gasteiger charge is 2.05. The molecule has 0 fully saturated rings. The van der Waals surface area contributed by atoms with Crippen LogP contribution in [-0.4, -0.2) is 18.6 Å². The average Bonchev–Trinajstić information content (AvgIpc) is 2.69. The normalized spacial score (nSPS) is 10.5. The molecular weight excluding hydrogens is 338 g/mol. The Balaban J connectivity index is 1.50. The van der Waals surface area contributed by atoms with Crippen LogP contribution in [0.25, 0.3) is 11.1 Å². The number of benzene rings is 3. The number of carbonyl (C=O) groups excluding carboxylic acids is 1. The van der Waals surface area contributed by atoms with Crippen molar-refractivity contribution in [1.82, 2.24) is 0 Å². The summed E-state index contributed by atoms with van der Waals surface area (Å²) in [5.41, 5.74) is 2.96. The Kier molecular flexibility index (Phi) is 6.10. The van der Waals surface area contributed by atoms with Crippen molar-refractivity contribution in [2.24, 2.45) is 0 Å². The molecule has 27 heavy (non-hydrogen) atoms. The van der Waals surface area contributed by atoms with E-state index in [-0.39, 0.29) is 18.6 Å². The molecule has 3 rings (SSSR count). The zero-order valence-corrected chi connectivity index (χ0v) is 15.5. The lowest BCUT2D eigenvalue weighted by atomic mass is 10.1. The minimum Gasteiger partial charge on any atom is -0.491 e. The quantitative estimate of drug-likeness (QED) is 0.632. The zero-order valence-electron chi connectivity index (χ0n) is 15.5. The molecule has 3 aromatic rings. The third-order valence-electron chi connectivity index (χ3n) is 3.84. The van der Waals surface area contributed by atoms with Gasteiger partial charge in [-0.25, -0.2) is 0 Å². The Hall–Kier alpha value is -3.27. The fourth-order valence-corrected chi connectivity index (χ4v) is 2.61. The number of rotatable bonds is 7. The Morgan fingerprint density at radius 1 is 0.815 bits per heavy atom. The highest BCUT2D eigenvalue weighted by Crippen LogP contribution is 2.22. The van der Waals surface area contributed by atoms with E-state index in [1.807, 2.05) is 80.6 Å². The molecule has 0 atom stereocenters. The Labute approximate surface area is 159 Å². The van der Waals surface area contributed by atoms with Gasteiger partial charge in [-0.05, 0) is 61.4 Å². The predicted molar refractivity (Wildman–Crippen MR) is 108 cm³/mol. The molecule has 0 heterocycles. The minimum atomic E-state index is -0.209. The molecule has 3 aromatic carbocycles. The number of hydrogen-bond acceptors (Lipinski definition) is 3. The summed E-state index contributed by atoms with van der Waals surface area (Å²) in [4.78, 5) is 12.1. The van der Waals surface area contributed by atoms with E-state index in [0.29, 0.717) is 11.4 Å². The second-order valence-electron chi connectivity index (χ2n) is 6.42. The van der Waals surface area contributed by atoms with Gasteiger partial charge in [0, 0.05) is 5.69 Å². The highest BCUT2D eigenvalue weighted by atomic mass is 16.5. The molecule has 0 unspecified atom stereocenters. The Morgan fingerprint density at radius 3 is 2.04 bits per heavy atom. The molecule has 0 aromatic heterocycles. The molecule has 4 heteroatoms. The van der Waals surface area contributed by atoms with Gasteiger partial charge in [-0.2, -0.15) is 0 Å². The zero-order chi connectivity index (χ0) is 19.1. The number of amides is 1. The second kappa shape index (κ2) is 8.90. The number of carbonyl (C=O) groups is 1. The van der Waals surface area contributed by atoms with Crippen molar-refractivity contribution in [3.63, 3.8) is 0 Å². The first-order valence-corrected chi connectivity index (χ1v) is 8.95. The Bertz CT molecular complexity index is 856. The maximum absolute atomic E-state index is 12.1. The van der Waals surface area contributed by atoms with Crippen molar-refractivity contribution in [3.8, 4) is 22.6 Å². The first-order chi connectivity index (χ1) is 13.1. The van der Waals surface area contributed by atoms with E-state index < -0.39 is 0 Å². The van der Waals surface area contributed by atoms with Gasteiger partial charge in [0.1, 0.15) is 11.5 Å². The van der Waals surface area contributed by atoms with Gasteiger partial charge in [-0.1, -0.05) is 42.5 Å². The van der Waals surface area contributed by atoms with E-state index in [9.17, 15) is 4.79 Å². The van der Waals surface area contributed by atoms with Gasteiger partial charge in [0.05, 0.1) is 6.10 Å². The van der Waals surface area contributed by atoms with Crippen molar-refractivity contribution in [2.75, 3.05) is 11.9 Å². The van der Waals surface area contributed by atoms with Crippen LogP contribution in [0.2, 0.25) is 0 Å². The fourth-order valence-electron chi connectivity index (χ4n) is 2.61. The topological polar surface area (TPSA) is 47.6 Å². The van der Waals surface area contributed by atoms with Crippen LogP contribution < -0.4 is 14.8 Å². The van der Waals surface area contributed by atoms with Gasteiger partial charge in [0.2, 0.25) is 0 Å². The van der Waals surface area contributed by atoms with E-state index in [1.165, 1.54) is 0 Å². The summed E-state index contributed by atoms with van der Waals surface area (Å²) in [6.45, 7) is 3.90. The van der Waals surface area contributed by atoms with Crippen molar-refractivity contribution >= 4 is 11.6 Å². The lowest BCUT2D eigenvalue weighted by molar-refractivity contribution is -0.118. The van der Waals surface area contributed by atoms with Crippen molar-refractivity contribution in [2.45, 2.75) is 20.0 Å². The molecule has 4 nitrogen and oxygen atoms in total. The van der Waals surface area contributed by atoms with Crippen LogP contribution >= 0.6 is 0 Å². The monoisotopic (exact) mass is 361 g/mol. The van der Waals surface area contributed by atoms with Gasteiger partial charge in [0.15, 0.2) is 6.61 Å². The van der Waals surface area contributed by atoms with Gasteiger partial charge in [-0.15, -0.1) is 0 Å². The first kappa shape index (κ1) is 18.5. The van der Waals surface area contributed by atoms with Crippen LogP contribution in [0.5, 0.6) is 11.5 Å². The lowest BCUT2D eigenvalue weighted by Gasteiger charge is -2.11. The standard InChI is InChI=1S/C23H23NO3/c1-17(2)27-22-14-10-20(11-15-22)24-23(25)16-26-21-12-8-19(9-13-21)18-6-4-3-5-7-18/h3-15,17H,16H2,1-2H3,(H,24,25). The predicted octanol–water partition coefficient (Wildman–Crippen LogP) is 5.16.